The van der Waals surface area contributed by atoms with Crippen molar-refractivity contribution in [1.82, 2.24) is 0 Å². The van der Waals surface area contributed by atoms with Gasteiger partial charge in [-0.1, -0.05) is 49.5 Å². The van der Waals surface area contributed by atoms with Crippen LogP contribution in [0.4, 0.5) is 0 Å². The summed E-state index contributed by atoms with van der Waals surface area (Å²) < 4.78 is 0. The van der Waals surface area contributed by atoms with Gasteiger partial charge >= 0.3 is 5.97 Å². The van der Waals surface area contributed by atoms with Crippen LogP contribution < -0.4 is 0 Å². The number of rotatable bonds is 12. The lowest BCUT2D eigenvalue weighted by Crippen LogP contribution is -1.97. The molecule has 0 fully saturated rings. The zero-order valence-corrected chi connectivity index (χ0v) is 13.1. The number of unbranched alkanes of at least 4 members (excludes halogenated alkanes) is 2. The van der Waals surface area contributed by atoms with Gasteiger partial charge in [0.1, 0.15) is 6.29 Å². The Labute approximate surface area is 132 Å². The zero-order chi connectivity index (χ0) is 16.6. The molecule has 0 aliphatic carbocycles. The average molecular weight is 306 g/mol. The van der Waals surface area contributed by atoms with Gasteiger partial charge in [-0.3, -0.25) is 9.59 Å². The van der Waals surface area contributed by atoms with E-state index in [0.717, 1.165) is 19.1 Å². The molecule has 22 heavy (non-hydrogen) atoms. The summed E-state index contributed by atoms with van der Waals surface area (Å²) in [7, 11) is 0. The number of aliphatic hydroxyl groups excluding tert-OH is 1. The van der Waals surface area contributed by atoms with Gasteiger partial charge in [0.2, 0.25) is 0 Å². The predicted octanol–water partition coefficient (Wildman–Crippen LogP) is 3.59. The standard InChI is InChI=1S/C18H26O4/c1-2-17(20)13-9-6-8-12-16(15-19)11-7-4-3-5-10-14-18(21)22/h4,6-9,12-13,15,17,20H,2-3,5,10-11,14H2,1H3,(H,21,22). The fourth-order valence-electron chi connectivity index (χ4n) is 1.60. The normalized spacial score (nSPS) is 14.2. The monoisotopic (exact) mass is 306 g/mol. The Morgan fingerprint density at radius 1 is 1.14 bits per heavy atom. The van der Waals surface area contributed by atoms with Crippen molar-refractivity contribution in [2.24, 2.45) is 0 Å². The Hall–Kier alpha value is -1.94. The van der Waals surface area contributed by atoms with Crippen molar-refractivity contribution < 1.29 is 19.8 Å². The van der Waals surface area contributed by atoms with E-state index in [0.29, 0.717) is 24.8 Å². The van der Waals surface area contributed by atoms with Crippen LogP contribution in [0.25, 0.3) is 0 Å². The lowest BCUT2D eigenvalue weighted by atomic mass is 10.1. The maximum absolute atomic E-state index is 10.9. The van der Waals surface area contributed by atoms with Crippen molar-refractivity contribution in [3.8, 4) is 0 Å². The van der Waals surface area contributed by atoms with Gasteiger partial charge in [-0.2, -0.15) is 0 Å². The van der Waals surface area contributed by atoms with Crippen LogP contribution in [0.1, 0.15) is 45.4 Å². The summed E-state index contributed by atoms with van der Waals surface area (Å²) in [4.78, 5) is 21.2. The molecule has 0 spiro atoms. The maximum atomic E-state index is 10.9. The Kier molecular flexibility index (Phi) is 12.8. The van der Waals surface area contributed by atoms with E-state index in [4.69, 9.17) is 5.11 Å². The molecule has 0 saturated carbocycles. The number of hydrogen-bond donors (Lipinski definition) is 2. The Bertz CT molecular complexity index is 430. The summed E-state index contributed by atoms with van der Waals surface area (Å²) in [6.45, 7) is 1.90. The smallest absolute Gasteiger partial charge is 0.303 e. The summed E-state index contributed by atoms with van der Waals surface area (Å²) in [5.74, 6) is -0.762. The molecule has 0 aliphatic heterocycles. The van der Waals surface area contributed by atoms with Crippen molar-refractivity contribution in [1.29, 1.82) is 0 Å². The van der Waals surface area contributed by atoms with Crippen molar-refractivity contribution in [2.45, 2.75) is 51.6 Å². The predicted molar refractivity (Wildman–Crippen MR) is 88.6 cm³/mol. The molecule has 0 rings (SSSR count). The average Bonchev–Trinajstić information content (AvgIpc) is 2.50. The number of carbonyl (C=O) groups is 2. The number of aliphatic hydroxyl groups is 1. The third kappa shape index (κ3) is 13.1. The molecular weight excluding hydrogens is 280 g/mol. The van der Waals surface area contributed by atoms with E-state index < -0.39 is 12.1 Å². The highest BCUT2D eigenvalue weighted by Crippen LogP contribution is 2.04. The molecule has 0 aromatic heterocycles. The SMILES string of the molecule is CCC(O)C=CC=CC=C(C=O)CC=CCCCCC(=O)O. The first-order chi connectivity index (χ1) is 10.6. The number of hydrogen-bond acceptors (Lipinski definition) is 3. The zero-order valence-electron chi connectivity index (χ0n) is 13.1. The van der Waals surface area contributed by atoms with E-state index in [9.17, 15) is 14.7 Å². The van der Waals surface area contributed by atoms with Gasteiger partial charge in [-0.15, -0.1) is 0 Å². The number of allylic oxidation sites excluding steroid dienone is 7. The summed E-state index contributed by atoms with van der Waals surface area (Å²) in [6, 6.07) is 0. The number of carboxylic acid groups (broad SMARTS) is 1. The first kappa shape index (κ1) is 20.1. The molecule has 4 nitrogen and oxygen atoms in total. The second kappa shape index (κ2) is 14.0. The second-order valence-corrected chi connectivity index (χ2v) is 4.92. The number of carboxylic acids is 1. The van der Waals surface area contributed by atoms with Crippen LogP contribution in [0.5, 0.6) is 0 Å². The van der Waals surface area contributed by atoms with E-state index in [-0.39, 0.29) is 6.42 Å². The molecule has 0 saturated heterocycles. The lowest BCUT2D eigenvalue weighted by Gasteiger charge is -1.96. The summed E-state index contributed by atoms with van der Waals surface area (Å²) in [6.07, 6.45) is 16.8. The van der Waals surface area contributed by atoms with E-state index in [1.165, 1.54) is 0 Å². The fraction of sp³-hybridized carbons (Fsp3) is 0.444. The van der Waals surface area contributed by atoms with E-state index in [1.807, 2.05) is 19.1 Å². The minimum Gasteiger partial charge on any atom is -0.481 e. The quantitative estimate of drug-likeness (QED) is 0.190. The first-order valence-corrected chi connectivity index (χ1v) is 7.64. The van der Waals surface area contributed by atoms with Gasteiger partial charge in [-0.05, 0) is 37.7 Å². The maximum Gasteiger partial charge on any atom is 0.303 e. The topological polar surface area (TPSA) is 74.6 Å². The Balaban J connectivity index is 4.01. The fourth-order valence-corrected chi connectivity index (χ4v) is 1.60. The molecule has 0 heterocycles. The van der Waals surface area contributed by atoms with Crippen molar-refractivity contribution in [3.05, 3.63) is 48.1 Å². The molecule has 1 atom stereocenters. The van der Waals surface area contributed by atoms with Gasteiger partial charge < -0.3 is 10.2 Å². The van der Waals surface area contributed by atoms with Gasteiger partial charge in [0.15, 0.2) is 0 Å². The van der Waals surface area contributed by atoms with Crippen LogP contribution in [0.15, 0.2) is 48.1 Å². The molecule has 122 valence electrons. The number of aliphatic carboxylic acids is 1. The minimum absolute atomic E-state index is 0.207. The van der Waals surface area contributed by atoms with Gasteiger partial charge in [0.05, 0.1) is 6.10 Å². The van der Waals surface area contributed by atoms with Crippen LogP contribution in [-0.4, -0.2) is 28.6 Å². The second-order valence-electron chi connectivity index (χ2n) is 4.92. The number of aldehydes is 1. The van der Waals surface area contributed by atoms with Gasteiger partial charge in [-0.25, -0.2) is 0 Å². The Morgan fingerprint density at radius 2 is 1.91 bits per heavy atom. The van der Waals surface area contributed by atoms with Crippen LogP contribution in [0, 0.1) is 0 Å². The highest BCUT2D eigenvalue weighted by molar-refractivity contribution is 5.74. The first-order valence-electron chi connectivity index (χ1n) is 7.64. The highest BCUT2D eigenvalue weighted by atomic mass is 16.4. The Morgan fingerprint density at radius 3 is 2.55 bits per heavy atom. The van der Waals surface area contributed by atoms with Crippen LogP contribution in [0.2, 0.25) is 0 Å². The molecule has 0 radical (unpaired) electrons. The van der Waals surface area contributed by atoms with E-state index >= 15 is 0 Å². The molecule has 2 N–H and O–H groups in total. The van der Waals surface area contributed by atoms with Crippen molar-refractivity contribution >= 4 is 12.3 Å². The van der Waals surface area contributed by atoms with Crippen molar-refractivity contribution in [3.63, 3.8) is 0 Å². The molecule has 0 bridgehead atoms. The molecule has 0 aromatic carbocycles. The largest absolute Gasteiger partial charge is 0.481 e. The van der Waals surface area contributed by atoms with Crippen LogP contribution in [-0.2, 0) is 9.59 Å². The molecule has 0 aliphatic rings. The third-order valence-corrected chi connectivity index (χ3v) is 2.97. The third-order valence-electron chi connectivity index (χ3n) is 2.97. The van der Waals surface area contributed by atoms with Crippen molar-refractivity contribution in [2.75, 3.05) is 0 Å². The molecule has 4 heteroatoms. The molecule has 0 amide bonds. The molecule has 1 unspecified atom stereocenters. The summed E-state index contributed by atoms with van der Waals surface area (Å²) in [5, 5.41) is 17.8. The van der Waals surface area contributed by atoms with E-state index in [1.54, 1.807) is 30.4 Å². The summed E-state index contributed by atoms with van der Waals surface area (Å²) in [5.41, 5.74) is 0.669. The van der Waals surface area contributed by atoms with Crippen LogP contribution in [0.3, 0.4) is 0 Å². The van der Waals surface area contributed by atoms with Gasteiger partial charge in [0.25, 0.3) is 0 Å². The minimum atomic E-state index is -0.762. The van der Waals surface area contributed by atoms with Crippen LogP contribution >= 0.6 is 0 Å². The lowest BCUT2D eigenvalue weighted by molar-refractivity contribution is -0.137. The number of carbonyl (C=O) groups excluding carboxylic acids is 1. The highest BCUT2D eigenvalue weighted by Gasteiger charge is 1.94. The van der Waals surface area contributed by atoms with E-state index in [2.05, 4.69) is 0 Å². The molecular formula is C18H26O4. The molecule has 0 aromatic rings. The van der Waals surface area contributed by atoms with Gasteiger partial charge in [0, 0.05) is 6.42 Å². The summed E-state index contributed by atoms with van der Waals surface area (Å²) >= 11 is 0.